The Balaban J connectivity index is 3.04. The largest absolute Gasteiger partial charge is 0.335 e. The van der Waals surface area contributed by atoms with Crippen LogP contribution in [-0.4, -0.2) is 33.3 Å². The minimum atomic E-state index is -0.158. The molecule has 0 aliphatic carbocycles. The van der Waals surface area contributed by atoms with Crippen molar-refractivity contribution in [3.05, 3.63) is 34.2 Å². The van der Waals surface area contributed by atoms with E-state index in [1.165, 1.54) is 10.6 Å². The van der Waals surface area contributed by atoms with Crippen molar-refractivity contribution in [1.29, 1.82) is 0 Å². The number of carbonyl (C=O) groups is 1. The normalized spacial score (nSPS) is 10.8. The molecule has 19 heavy (non-hydrogen) atoms. The Morgan fingerprint density at radius 2 is 2.05 bits per heavy atom. The number of nitrogens with zero attached hydrogens (tertiary/aromatic N) is 2. The lowest BCUT2D eigenvalue weighted by Crippen LogP contribution is -2.41. The second-order valence-electron chi connectivity index (χ2n) is 4.52. The first-order valence-corrected chi connectivity index (χ1v) is 7.70. The molecule has 5 heteroatoms. The maximum atomic E-state index is 12.5. The summed E-state index contributed by atoms with van der Waals surface area (Å²) in [5.41, 5.74) is 0.310. The minimum absolute atomic E-state index is 0.0640. The number of hydrogen-bond donors (Lipinski definition) is 0. The molecule has 0 N–H and O–H groups in total. The Bertz CT molecular complexity index is 481. The zero-order valence-corrected chi connectivity index (χ0v) is 13.3. The maximum Gasteiger partial charge on any atom is 0.254 e. The standard InChI is InChI=1S/C14H21BrN2O2/c1-4-12(5-2)17(9-7-15)14(19)11-6-8-16(3)13(18)10-11/h6,8,10,12H,4-5,7,9H2,1-3H3. The van der Waals surface area contributed by atoms with Gasteiger partial charge in [0.15, 0.2) is 0 Å². The number of aromatic nitrogens is 1. The van der Waals surface area contributed by atoms with Crippen molar-refractivity contribution >= 4 is 21.8 Å². The summed E-state index contributed by atoms with van der Waals surface area (Å²) >= 11 is 3.38. The van der Waals surface area contributed by atoms with Crippen LogP contribution in [-0.2, 0) is 7.05 Å². The van der Waals surface area contributed by atoms with E-state index in [0.29, 0.717) is 12.1 Å². The average Bonchev–Trinajstić information content (AvgIpc) is 2.41. The van der Waals surface area contributed by atoms with Crippen LogP contribution in [0.25, 0.3) is 0 Å². The van der Waals surface area contributed by atoms with Crippen molar-refractivity contribution in [1.82, 2.24) is 9.47 Å². The van der Waals surface area contributed by atoms with Gasteiger partial charge in [-0.2, -0.15) is 0 Å². The molecule has 0 atom stereocenters. The van der Waals surface area contributed by atoms with Crippen LogP contribution >= 0.6 is 15.9 Å². The Hall–Kier alpha value is -1.10. The zero-order chi connectivity index (χ0) is 14.4. The van der Waals surface area contributed by atoms with Crippen molar-refractivity contribution in [3.63, 3.8) is 0 Å². The predicted molar refractivity (Wildman–Crippen MR) is 80.9 cm³/mol. The van der Waals surface area contributed by atoms with Gasteiger partial charge < -0.3 is 9.47 Å². The van der Waals surface area contributed by atoms with E-state index >= 15 is 0 Å². The lowest BCUT2D eigenvalue weighted by Gasteiger charge is -2.30. The molecule has 0 radical (unpaired) electrons. The Morgan fingerprint density at radius 3 is 2.53 bits per heavy atom. The number of rotatable bonds is 6. The Morgan fingerprint density at radius 1 is 1.42 bits per heavy atom. The highest BCUT2D eigenvalue weighted by atomic mass is 79.9. The lowest BCUT2D eigenvalue weighted by molar-refractivity contribution is 0.0682. The maximum absolute atomic E-state index is 12.5. The summed E-state index contributed by atoms with van der Waals surface area (Å²) in [4.78, 5) is 26.0. The van der Waals surface area contributed by atoms with Crippen LogP contribution in [0, 0.1) is 0 Å². The van der Waals surface area contributed by atoms with Crippen molar-refractivity contribution in [2.24, 2.45) is 7.05 Å². The number of aryl methyl sites for hydroxylation is 1. The van der Waals surface area contributed by atoms with Gasteiger partial charge in [0.2, 0.25) is 0 Å². The van der Waals surface area contributed by atoms with Crippen LogP contribution in [0.1, 0.15) is 37.0 Å². The molecule has 0 aliphatic heterocycles. The van der Waals surface area contributed by atoms with E-state index in [2.05, 4.69) is 29.8 Å². The lowest BCUT2D eigenvalue weighted by atomic mass is 10.1. The Labute approximate surface area is 122 Å². The highest BCUT2D eigenvalue weighted by Gasteiger charge is 2.22. The Kier molecular flexibility index (Phi) is 6.28. The van der Waals surface area contributed by atoms with E-state index in [9.17, 15) is 9.59 Å². The third kappa shape index (κ3) is 3.93. The molecule has 0 aliphatic rings. The van der Waals surface area contributed by atoms with Gasteiger partial charge in [0.25, 0.3) is 11.5 Å². The number of alkyl halides is 1. The number of halogens is 1. The molecule has 0 fully saturated rings. The van der Waals surface area contributed by atoms with Crippen LogP contribution in [0.4, 0.5) is 0 Å². The average molecular weight is 329 g/mol. The van der Waals surface area contributed by atoms with Gasteiger partial charge in [-0.25, -0.2) is 0 Å². The summed E-state index contributed by atoms with van der Waals surface area (Å²) in [6, 6.07) is 3.33. The summed E-state index contributed by atoms with van der Waals surface area (Å²) in [5, 5.41) is 0.736. The predicted octanol–water partition coefficient (Wildman–Crippen LogP) is 2.41. The molecule has 0 unspecified atom stereocenters. The summed E-state index contributed by atoms with van der Waals surface area (Å²) in [6.07, 6.45) is 3.47. The van der Waals surface area contributed by atoms with Crippen LogP contribution in [0.3, 0.4) is 0 Å². The van der Waals surface area contributed by atoms with Crippen LogP contribution in [0.5, 0.6) is 0 Å². The molecule has 0 saturated heterocycles. The second-order valence-corrected chi connectivity index (χ2v) is 5.32. The van der Waals surface area contributed by atoms with Gasteiger partial charge in [0.1, 0.15) is 0 Å². The molecule has 106 valence electrons. The highest BCUT2D eigenvalue weighted by molar-refractivity contribution is 9.09. The van der Waals surface area contributed by atoms with Crippen LogP contribution in [0.15, 0.2) is 23.1 Å². The number of amides is 1. The molecule has 1 amide bonds. The molecule has 0 bridgehead atoms. The molecule has 0 aromatic carbocycles. The van der Waals surface area contributed by atoms with Gasteiger partial charge in [-0.15, -0.1) is 0 Å². The smallest absolute Gasteiger partial charge is 0.254 e. The molecular weight excluding hydrogens is 308 g/mol. The summed E-state index contributed by atoms with van der Waals surface area (Å²) in [7, 11) is 1.67. The van der Waals surface area contributed by atoms with E-state index in [-0.39, 0.29) is 17.5 Å². The van der Waals surface area contributed by atoms with Crippen LogP contribution in [0.2, 0.25) is 0 Å². The van der Waals surface area contributed by atoms with Crippen molar-refractivity contribution < 1.29 is 4.79 Å². The third-order valence-corrected chi connectivity index (χ3v) is 3.68. The molecular formula is C14H21BrN2O2. The molecule has 0 spiro atoms. The summed E-state index contributed by atoms with van der Waals surface area (Å²) in [5.74, 6) is -0.0640. The zero-order valence-electron chi connectivity index (χ0n) is 11.7. The van der Waals surface area contributed by atoms with Crippen molar-refractivity contribution in [2.75, 3.05) is 11.9 Å². The summed E-state index contributed by atoms with van der Waals surface area (Å²) in [6.45, 7) is 4.81. The first kappa shape index (κ1) is 16.0. The topological polar surface area (TPSA) is 42.3 Å². The highest BCUT2D eigenvalue weighted by Crippen LogP contribution is 2.13. The number of carbonyl (C=O) groups excluding carboxylic acids is 1. The fourth-order valence-electron chi connectivity index (χ4n) is 2.12. The van der Waals surface area contributed by atoms with E-state index in [4.69, 9.17) is 0 Å². The molecule has 1 rings (SSSR count). The van der Waals surface area contributed by atoms with E-state index < -0.39 is 0 Å². The fraction of sp³-hybridized carbons (Fsp3) is 0.571. The van der Waals surface area contributed by atoms with Crippen molar-refractivity contribution in [2.45, 2.75) is 32.7 Å². The SMILES string of the molecule is CCC(CC)N(CCBr)C(=O)c1ccn(C)c(=O)c1. The van der Waals surface area contributed by atoms with Gasteiger partial charge in [0, 0.05) is 42.8 Å². The van der Waals surface area contributed by atoms with Gasteiger partial charge in [0.05, 0.1) is 0 Å². The molecule has 1 aromatic heterocycles. The van der Waals surface area contributed by atoms with E-state index in [1.807, 2.05) is 4.90 Å². The number of pyridine rings is 1. The third-order valence-electron chi connectivity index (χ3n) is 3.32. The van der Waals surface area contributed by atoms with Crippen molar-refractivity contribution in [3.8, 4) is 0 Å². The van der Waals surface area contributed by atoms with E-state index in [0.717, 1.165) is 18.2 Å². The second kappa shape index (κ2) is 7.48. The fourth-order valence-corrected chi connectivity index (χ4v) is 2.50. The minimum Gasteiger partial charge on any atom is -0.335 e. The van der Waals surface area contributed by atoms with E-state index in [1.54, 1.807) is 19.3 Å². The number of hydrogen-bond acceptors (Lipinski definition) is 2. The molecule has 1 heterocycles. The van der Waals surface area contributed by atoms with Gasteiger partial charge in [-0.3, -0.25) is 9.59 Å². The van der Waals surface area contributed by atoms with Crippen LogP contribution < -0.4 is 5.56 Å². The monoisotopic (exact) mass is 328 g/mol. The van der Waals surface area contributed by atoms with Gasteiger partial charge >= 0.3 is 0 Å². The first-order chi connectivity index (χ1) is 9.04. The van der Waals surface area contributed by atoms with Gasteiger partial charge in [-0.1, -0.05) is 29.8 Å². The van der Waals surface area contributed by atoms with Gasteiger partial charge in [-0.05, 0) is 18.9 Å². The molecule has 1 aromatic rings. The summed E-state index contributed by atoms with van der Waals surface area (Å²) < 4.78 is 1.46. The molecule has 0 saturated carbocycles. The first-order valence-electron chi connectivity index (χ1n) is 6.58. The quantitative estimate of drug-likeness (QED) is 0.752. The molecule has 4 nitrogen and oxygen atoms in total.